The molecule has 2 heteroatoms. The molecule has 0 radical (unpaired) electrons. The van der Waals surface area contributed by atoms with Crippen molar-refractivity contribution < 1.29 is 10.2 Å². The molecule has 0 aliphatic carbocycles. The molecule has 1 atom stereocenters. The van der Waals surface area contributed by atoms with Gasteiger partial charge in [0, 0.05) is 0 Å². The van der Waals surface area contributed by atoms with Crippen LogP contribution in [0.3, 0.4) is 0 Å². The Kier molecular flexibility index (Phi) is 11.5. The SMILES string of the molecule is CC(O)CCCCCCCC/C=C/CO. The van der Waals surface area contributed by atoms with Crippen LogP contribution < -0.4 is 0 Å². The van der Waals surface area contributed by atoms with Gasteiger partial charge >= 0.3 is 0 Å². The van der Waals surface area contributed by atoms with Crippen LogP contribution in [0.5, 0.6) is 0 Å². The molecule has 0 rings (SSSR count). The molecular formula is C13H26O2. The highest BCUT2D eigenvalue weighted by atomic mass is 16.3. The van der Waals surface area contributed by atoms with Gasteiger partial charge in [0.15, 0.2) is 0 Å². The summed E-state index contributed by atoms with van der Waals surface area (Å²) in [5, 5.41) is 17.6. The summed E-state index contributed by atoms with van der Waals surface area (Å²) in [6.45, 7) is 2.02. The molecule has 0 aromatic carbocycles. The van der Waals surface area contributed by atoms with Crippen molar-refractivity contribution in [3.8, 4) is 0 Å². The van der Waals surface area contributed by atoms with E-state index in [1.165, 1.54) is 32.1 Å². The lowest BCUT2D eigenvalue weighted by Gasteiger charge is -2.03. The standard InChI is InChI=1S/C13H26O2/c1-13(15)11-9-7-5-3-2-4-6-8-10-12-14/h8,10,13-15H,2-7,9,11-12H2,1H3/b10-8+. The Morgan fingerprint density at radius 3 is 2.13 bits per heavy atom. The summed E-state index contributed by atoms with van der Waals surface area (Å²) >= 11 is 0. The molecule has 0 spiro atoms. The number of rotatable bonds is 10. The minimum atomic E-state index is -0.131. The summed E-state index contributed by atoms with van der Waals surface area (Å²) < 4.78 is 0. The number of unbranched alkanes of at least 4 members (excludes halogenated alkanes) is 6. The van der Waals surface area contributed by atoms with Crippen LogP contribution in [0.1, 0.15) is 58.3 Å². The quantitative estimate of drug-likeness (QED) is 0.433. The Labute approximate surface area is 94.0 Å². The fraction of sp³-hybridized carbons (Fsp3) is 0.846. The number of hydrogen-bond acceptors (Lipinski definition) is 2. The van der Waals surface area contributed by atoms with Crippen molar-refractivity contribution in [2.75, 3.05) is 6.61 Å². The van der Waals surface area contributed by atoms with E-state index in [0.717, 1.165) is 19.3 Å². The van der Waals surface area contributed by atoms with Crippen LogP contribution in [0.25, 0.3) is 0 Å². The molecule has 0 saturated carbocycles. The smallest absolute Gasteiger partial charge is 0.0612 e. The Hall–Kier alpha value is -0.340. The largest absolute Gasteiger partial charge is 0.393 e. The highest BCUT2D eigenvalue weighted by Crippen LogP contribution is 2.09. The first-order valence-corrected chi connectivity index (χ1v) is 6.21. The molecule has 2 N–H and O–H groups in total. The first-order valence-electron chi connectivity index (χ1n) is 6.21. The second-order valence-electron chi connectivity index (χ2n) is 4.20. The maximum absolute atomic E-state index is 9.05. The highest BCUT2D eigenvalue weighted by molar-refractivity contribution is 4.80. The molecule has 0 saturated heterocycles. The lowest BCUT2D eigenvalue weighted by molar-refractivity contribution is 0.180. The Morgan fingerprint density at radius 1 is 0.933 bits per heavy atom. The Morgan fingerprint density at radius 2 is 1.53 bits per heavy atom. The van der Waals surface area contributed by atoms with Crippen molar-refractivity contribution >= 4 is 0 Å². The van der Waals surface area contributed by atoms with E-state index in [0.29, 0.717) is 0 Å². The molecule has 0 aromatic rings. The van der Waals surface area contributed by atoms with Gasteiger partial charge in [-0.3, -0.25) is 0 Å². The van der Waals surface area contributed by atoms with E-state index < -0.39 is 0 Å². The monoisotopic (exact) mass is 214 g/mol. The van der Waals surface area contributed by atoms with Crippen LogP contribution in [0.2, 0.25) is 0 Å². The van der Waals surface area contributed by atoms with Crippen LogP contribution >= 0.6 is 0 Å². The van der Waals surface area contributed by atoms with Gasteiger partial charge in [0.1, 0.15) is 0 Å². The third-order valence-corrected chi connectivity index (χ3v) is 2.51. The van der Waals surface area contributed by atoms with Crippen LogP contribution in [-0.4, -0.2) is 22.9 Å². The first-order chi connectivity index (χ1) is 7.27. The van der Waals surface area contributed by atoms with Crippen LogP contribution in [-0.2, 0) is 0 Å². The molecule has 2 nitrogen and oxygen atoms in total. The van der Waals surface area contributed by atoms with E-state index in [2.05, 4.69) is 0 Å². The highest BCUT2D eigenvalue weighted by Gasteiger charge is 1.95. The molecule has 0 fully saturated rings. The van der Waals surface area contributed by atoms with E-state index in [1.807, 2.05) is 19.1 Å². The molecule has 15 heavy (non-hydrogen) atoms. The van der Waals surface area contributed by atoms with Gasteiger partial charge in [0.05, 0.1) is 12.7 Å². The average molecular weight is 214 g/mol. The minimum absolute atomic E-state index is 0.131. The summed E-state index contributed by atoms with van der Waals surface area (Å²) in [6.07, 6.45) is 13.3. The predicted octanol–water partition coefficient (Wildman–Crippen LogP) is 3.04. The second-order valence-corrected chi connectivity index (χ2v) is 4.20. The van der Waals surface area contributed by atoms with Crippen molar-refractivity contribution in [1.29, 1.82) is 0 Å². The van der Waals surface area contributed by atoms with E-state index in [4.69, 9.17) is 10.2 Å². The maximum atomic E-state index is 9.05. The van der Waals surface area contributed by atoms with Gasteiger partial charge in [0.25, 0.3) is 0 Å². The van der Waals surface area contributed by atoms with Gasteiger partial charge in [-0.25, -0.2) is 0 Å². The summed E-state index contributed by atoms with van der Waals surface area (Å²) in [5.41, 5.74) is 0. The van der Waals surface area contributed by atoms with Crippen LogP contribution in [0, 0.1) is 0 Å². The lowest BCUT2D eigenvalue weighted by atomic mass is 10.1. The summed E-state index contributed by atoms with van der Waals surface area (Å²) in [4.78, 5) is 0. The molecule has 0 amide bonds. The third kappa shape index (κ3) is 13.7. The zero-order valence-electron chi connectivity index (χ0n) is 9.99. The number of allylic oxidation sites excluding steroid dienone is 1. The topological polar surface area (TPSA) is 40.5 Å². The Bertz CT molecular complexity index is 141. The number of hydrogen-bond donors (Lipinski definition) is 2. The molecule has 0 heterocycles. The Balaban J connectivity index is 2.96. The molecule has 0 aliphatic heterocycles. The van der Waals surface area contributed by atoms with E-state index in [-0.39, 0.29) is 12.7 Å². The first kappa shape index (κ1) is 14.7. The third-order valence-electron chi connectivity index (χ3n) is 2.51. The van der Waals surface area contributed by atoms with E-state index >= 15 is 0 Å². The van der Waals surface area contributed by atoms with Gasteiger partial charge in [-0.05, 0) is 26.2 Å². The number of aliphatic hydroxyl groups excluding tert-OH is 2. The van der Waals surface area contributed by atoms with E-state index in [9.17, 15) is 0 Å². The summed E-state index contributed by atoms with van der Waals surface area (Å²) in [5.74, 6) is 0. The predicted molar refractivity (Wildman–Crippen MR) is 64.8 cm³/mol. The van der Waals surface area contributed by atoms with Crippen molar-refractivity contribution in [3.63, 3.8) is 0 Å². The summed E-state index contributed by atoms with van der Waals surface area (Å²) in [6, 6.07) is 0. The fourth-order valence-electron chi connectivity index (χ4n) is 1.60. The molecule has 0 bridgehead atoms. The molecule has 0 aromatic heterocycles. The molecule has 0 aliphatic rings. The molecular weight excluding hydrogens is 188 g/mol. The van der Waals surface area contributed by atoms with Crippen molar-refractivity contribution in [2.24, 2.45) is 0 Å². The van der Waals surface area contributed by atoms with Crippen molar-refractivity contribution in [1.82, 2.24) is 0 Å². The van der Waals surface area contributed by atoms with Crippen LogP contribution in [0.15, 0.2) is 12.2 Å². The summed E-state index contributed by atoms with van der Waals surface area (Å²) in [7, 11) is 0. The normalized spacial score (nSPS) is 13.5. The van der Waals surface area contributed by atoms with Gasteiger partial charge < -0.3 is 10.2 Å². The van der Waals surface area contributed by atoms with Gasteiger partial charge in [-0.15, -0.1) is 0 Å². The lowest BCUT2D eigenvalue weighted by Crippen LogP contribution is -1.98. The zero-order chi connectivity index (χ0) is 11.4. The van der Waals surface area contributed by atoms with Crippen molar-refractivity contribution in [3.05, 3.63) is 12.2 Å². The van der Waals surface area contributed by atoms with E-state index in [1.54, 1.807) is 0 Å². The second kappa shape index (κ2) is 11.7. The average Bonchev–Trinajstić information content (AvgIpc) is 2.20. The maximum Gasteiger partial charge on any atom is 0.0612 e. The molecule has 1 unspecified atom stereocenters. The van der Waals surface area contributed by atoms with Crippen LogP contribution in [0.4, 0.5) is 0 Å². The zero-order valence-corrected chi connectivity index (χ0v) is 9.99. The minimum Gasteiger partial charge on any atom is -0.393 e. The van der Waals surface area contributed by atoms with Gasteiger partial charge in [0.2, 0.25) is 0 Å². The van der Waals surface area contributed by atoms with Crippen molar-refractivity contribution in [2.45, 2.75) is 64.4 Å². The molecule has 90 valence electrons. The van der Waals surface area contributed by atoms with Gasteiger partial charge in [-0.2, -0.15) is 0 Å². The number of aliphatic hydroxyl groups is 2. The van der Waals surface area contributed by atoms with Gasteiger partial charge in [-0.1, -0.05) is 44.3 Å². The fourth-order valence-corrected chi connectivity index (χ4v) is 1.60.